The first kappa shape index (κ1) is 21.6. The molecule has 0 bridgehead atoms. The quantitative estimate of drug-likeness (QED) is 0.676. The van der Waals surface area contributed by atoms with Crippen LogP contribution in [0.25, 0.3) is 0 Å². The molecule has 0 saturated carbocycles. The number of amides is 2. The van der Waals surface area contributed by atoms with Crippen molar-refractivity contribution >= 4 is 48.9 Å². The first-order valence-corrected chi connectivity index (χ1v) is 11.8. The van der Waals surface area contributed by atoms with Crippen molar-refractivity contribution in [3.8, 4) is 5.75 Å². The van der Waals surface area contributed by atoms with Gasteiger partial charge in [0.1, 0.15) is 10.6 Å². The Morgan fingerprint density at radius 1 is 1.10 bits per heavy atom. The Bertz CT molecular complexity index is 1210. The summed E-state index contributed by atoms with van der Waals surface area (Å²) in [6, 6.07) is 9.60. The normalized spacial score (nSPS) is 15.7. The molecule has 0 unspecified atom stereocenters. The van der Waals surface area contributed by atoms with Crippen molar-refractivity contribution in [3.63, 3.8) is 0 Å². The molecule has 1 aliphatic rings. The summed E-state index contributed by atoms with van der Waals surface area (Å²) in [4.78, 5) is 22.8. The predicted octanol–water partition coefficient (Wildman–Crippen LogP) is 1.52. The van der Waals surface area contributed by atoms with E-state index in [2.05, 4.69) is 10.0 Å². The standard InChI is InChI=1S/C18H19N3O7S2/c1-12(22)19-13-3-5-14(6-4-13)20-30(26,27)17-11-15(7-8-16(17)28-2)21-18(23)9-10-29(21,24)25/h3-8,11,20H,9-10H2,1-2H3,(H,19,22). The second kappa shape index (κ2) is 7.95. The number of carbonyl (C=O) groups is 2. The molecule has 1 aliphatic heterocycles. The van der Waals surface area contributed by atoms with E-state index in [1.807, 2.05) is 0 Å². The van der Waals surface area contributed by atoms with E-state index in [0.717, 1.165) is 6.07 Å². The summed E-state index contributed by atoms with van der Waals surface area (Å²) >= 11 is 0. The van der Waals surface area contributed by atoms with Crippen molar-refractivity contribution < 1.29 is 31.2 Å². The van der Waals surface area contributed by atoms with Gasteiger partial charge in [-0.3, -0.25) is 14.3 Å². The number of anilines is 3. The van der Waals surface area contributed by atoms with Crippen LogP contribution in [0.15, 0.2) is 47.4 Å². The summed E-state index contributed by atoms with van der Waals surface area (Å²) in [5.41, 5.74) is 0.615. The van der Waals surface area contributed by atoms with Gasteiger partial charge in [-0.1, -0.05) is 0 Å². The Hall–Kier alpha value is -3.12. The van der Waals surface area contributed by atoms with Crippen molar-refractivity contribution in [1.82, 2.24) is 0 Å². The number of ether oxygens (including phenoxy) is 1. The minimum absolute atomic E-state index is 0.0230. The molecule has 0 spiro atoms. The number of hydrogen-bond acceptors (Lipinski definition) is 7. The molecule has 0 radical (unpaired) electrons. The number of hydrogen-bond donors (Lipinski definition) is 2. The number of sulfonamides is 2. The summed E-state index contributed by atoms with van der Waals surface area (Å²) in [5.74, 6) is -1.26. The Labute approximate surface area is 173 Å². The lowest BCUT2D eigenvalue weighted by Gasteiger charge is -2.18. The van der Waals surface area contributed by atoms with Crippen LogP contribution in [0, 0.1) is 0 Å². The van der Waals surface area contributed by atoms with Gasteiger partial charge in [0.15, 0.2) is 0 Å². The summed E-state index contributed by atoms with van der Waals surface area (Å²) in [7, 11) is -6.77. The lowest BCUT2D eigenvalue weighted by molar-refractivity contribution is -0.116. The van der Waals surface area contributed by atoms with Crippen LogP contribution in [0.1, 0.15) is 13.3 Å². The van der Waals surface area contributed by atoms with Crippen molar-refractivity contribution in [2.45, 2.75) is 18.2 Å². The van der Waals surface area contributed by atoms with Crippen molar-refractivity contribution in [3.05, 3.63) is 42.5 Å². The molecule has 30 heavy (non-hydrogen) atoms. The van der Waals surface area contributed by atoms with Gasteiger partial charge in [-0.25, -0.2) is 21.1 Å². The molecule has 10 nitrogen and oxygen atoms in total. The van der Waals surface area contributed by atoms with Gasteiger partial charge in [-0.2, -0.15) is 0 Å². The maximum Gasteiger partial charge on any atom is 0.265 e. The van der Waals surface area contributed by atoms with Crippen LogP contribution in [0.4, 0.5) is 17.1 Å². The van der Waals surface area contributed by atoms with Gasteiger partial charge in [0, 0.05) is 24.7 Å². The fourth-order valence-electron chi connectivity index (χ4n) is 2.91. The molecule has 12 heteroatoms. The van der Waals surface area contributed by atoms with E-state index in [-0.39, 0.29) is 40.1 Å². The second-order valence-electron chi connectivity index (χ2n) is 6.42. The van der Waals surface area contributed by atoms with Crippen LogP contribution in [-0.4, -0.2) is 41.5 Å². The monoisotopic (exact) mass is 453 g/mol. The number of methoxy groups -OCH3 is 1. The number of nitrogens with one attached hydrogen (secondary N) is 2. The van der Waals surface area contributed by atoms with Crippen molar-refractivity contribution in [2.24, 2.45) is 0 Å². The molecule has 160 valence electrons. The van der Waals surface area contributed by atoms with E-state index in [1.165, 1.54) is 50.4 Å². The molecule has 2 N–H and O–H groups in total. The van der Waals surface area contributed by atoms with Gasteiger partial charge in [-0.05, 0) is 42.5 Å². The van der Waals surface area contributed by atoms with Crippen LogP contribution >= 0.6 is 0 Å². The highest BCUT2D eigenvalue weighted by Gasteiger charge is 2.37. The molecular weight excluding hydrogens is 434 g/mol. The average Bonchev–Trinajstić information content (AvgIpc) is 2.95. The third-order valence-corrected chi connectivity index (χ3v) is 7.30. The highest BCUT2D eigenvalue weighted by atomic mass is 32.2. The SMILES string of the molecule is COc1ccc(N2C(=O)CCS2(=O)=O)cc1S(=O)(=O)Nc1ccc(NC(C)=O)cc1. The van der Waals surface area contributed by atoms with Gasteiger partial charge >= 0.3 is 0 Å². The molecule has 0 aliphatic carbocycles. The molecule has 0 atom stereocenters. The van der Waals surface area contributed by atoms with E-state index >= 15 is 0 Å². The zero-order valence-corrected chi connectivity index (χ0v) is 17.7. The molecule has 1 saturated heterocycles. The van der Waals surface area contributed by atoms with Crippen LogP contribution in [0.5, 0.6) is 5.75 Å². The Morgan fingerprint density at radius 2 is 1.73 bits per heavy atom. The van der Waals surface area contributed by atoms with Gasteiger partial charge in [0.05, 0.1) is 18.6 Å². The molecular formula is C18H19N3O7S2. The van der Waals surface area contributed by atoms with Crippen LogP contribution in [0.2, 0.25) is 0 Å². The number of carbonyl (C=O) groups excluding carboxylic acids is 2. The highest BCUT2D eigenvalue weighted by Crippen LogP contribution is 2.33. The fraction of sp³-hybridized carbons (Fsp3) is 0.222. The molecule has 3 rings (SSSR count). The minimum Gasteiger partial charge on any atom is -0.495 e. The van der Waals surface area contributed by atoms with Crippen LogP contribution < -0.4 is 19.1 Å². The maximum absolute atomic E-state index is 12.9. The molecule has 2 amide bonds. The topological polar surface area (TPSA) is 139 Å². The van der Waals surface area contributed by atoms with E-state index in [9.17, 15) is 26.4 Å². The summed E-state index contributed by atoms with van der Waals surface area (Å²) in [6.45, 7) is 1.35. The van der Waals surface area contributed by atoms with Crippen molar-refractivity contribution in [2.75, 3.05) is 27.2 Å². The van der Waals surface area contributed by atoms with Gasteiger partial charge in [0.2, 0.25) is 21.8 Å². The maximum atomic E-state index is 12.9. The smallest absolute Gasteiger partial charge is 0.265 e. The Kier molecular flexibility index (Phi) is 5.72. The number of rotatable bonds is 6. The zero-order chi connectivity index (χ0) is 22.1. The summed E-state index contributed by atoms with van der Waals surface area (Å²) < 4.78 is 58.3. The van der Waals surface area contributed by atoms with Gasteiger partial charge < -0.3 is 10.1 Å². The van der Waals surface area contributed by atoms with E-state index in [0.29, 0.717) is 9.99 Å². The van der Waals surface area contributed by atoms with Crippen molar-refractivity contribution in [1.29, 1.82) is 0 Å². The Morgan fingerprint density at radius 3 is 2.27 bits per heavy atom. The van der Waals surface area contributed by atoms with Gasteiger partial charge in [0.25, 0.3) is 10.0 Å². The van der Waals surface area contributed by atoms with E-state index in [1.54, 1.807) is 0 Å². The minimum atomic E-state index is -4.19. The number of nitrogens with zero attached hydrogens (tertiary/aromatic N) is 1. The van der Waals surface area contributed by atoms with E-state index in [4.69, 9.17) is 4.74 Å². The van der Waals surface area contributed by atoms with Crippen LogP contribution in [-0.2, 0) is 29.6 Å². The molecule has 0 aromatic heterocycles. The van der Waals surface area contributed by atoms with Gasteiger partial charge in [-0.15, -0.1) is 0 Å². The molecule has 1 heterocycles. The highest BCUT2D eigenvalue weighted by molar-refractivity contribution is 7.94. The predicted molar refractivity (Wildman–Crippen MR) is 110 cm³/mol. The second-order valence-corrected chi connectivity index (χ2v) is 10.0. The Balaban J connectivity index is 1.96. The third kappa shape index (κ3) is 4.39. The lowest BCUT2D eigenvalue weighted by atomic mass is 10.3. The molecule has 2 aromatic rings. The zero-order valence-electron chi connectivity index (χ0n) is 16.1. The third-order valence-electron chi connectivity index (χ3n) is 4.21. The van der Waals surface area contributed by atoms with Crippen LogP contribution in [0.3, 0.4) is 0 Å². The summed E-state index contributed by atoms with van der Waals surface area (Å²) in [6.07, 6.45) is -0.171. The average molecular weight is 453 g/mol. The molecule has 1 fully saturated rings. The number of benzene rings is 2. The summed E-state index contributed by atoms with van der Waals surface area (Å²) in [5, 5.41) is 2.56. The largest absolute Gasteiger partial charge is 0.495 e. The lowest BCUT2D eigenvalue weighted by Crippen LogP contribution is -2.29. The van der Waals surface area contributed by atoms with E-state index < -0.39 is 26.0 Å². The first-order valence-electron chi connectivity index (χ1n) is 8.68. The first-order chi connectivity index (χ1) is 14.0. The fourth-order valence-corrected chi connectivity index (χ4v) is 5.61. The molecule has 2 aromatic carbocycles.